The Morgan fingerprint density at radius 3 is 2.75 bits per heavy atom. The summed E-state index contributed by atoms with van der Waals surface area (Å²) in [5.74, 6) is 3.65. The maximum Gasteiger partial charge on any atom is 0.116 e. The van der Waals surface area contributed by atoms with Crippen LogP contribution in [0.1, 0.15) is 29.9 Å². The van der Waals surface area contributed by atoms with Gasteiger partial charge in [-0.3, -0.25) is 0 Å². The van der Waals surface area contributed by atoms with Crippen molar-refractivity contribution in [3.8, 4) is 18.1 Å². The smallest absolute Gasteiger partial charge is 0.116 e. The van der Waals surface area contributed by atoms with E-state index in [0.717, 1.165) is 16.3 Å². The van der Waals surface area contributed by atoms with Crippen LogP contribution in [0.3, 0.4) is 0 Å². The van der Waals surface area contributed by atoms with Crippen molar-refractivity contribution in [1.29, 1.82) is 0 Å². The number of benzene rings is 2. The van der Waals surface area contributed by atoms with Crippen LogP contribution in [0.4, 0.5) is 0 Å². The summed E-state index contributed by atoms with van der Waals surface area (Å²) in [6.07, 6.45) is 7.94. The van der Waals surface area contributed by atoms with E-state index in [1.165, 1.54) is 18.4 Å². The Kier molecular flexibility index (Phi) is 1.91. The molecule has 1 aliphatic rings. The Bertz CT molecular complexity index is 601. The first-order valence-corrected chi connectivity index (χ1v) is 5.52. The van der Waals surface area contributed by atoms with Crippen LogP contribution in [0.2, 0.25) is 0 Å². The molecular formula is C15H12O. The highest BCUT2D eigenvalue weighted by molar-refractivity contribution is 5.92. The molecule has 0 saturated heterocycles. The first kappa shape index (κ1) is 9.30. The molecule has 1 heteroatoms. The molecule has 2 aromatic rings. The molecule has 0 unspecified atom stereocenters. The number of fused-ring (bicyclic) bond motifs is 1. The lowest BCUT2D eigenvalue weighted by Crippen LogP contribution is -1.87. The first-order chi connectivity index (χ1) is 7.79. The van der Waals surface area contributed by atoms with Gasteiger partial charge in [-0.1, -0.05) is 18.1 Å². The average molecular weight is 208 g/mol. The highest BCUT2D eigenvalue weighted by atomic mass is 16.3. The van der Waals surface area contributed by atoms with Crippen molar-refractivity contribution in [1.82, 2.24) is 0 Å². The molecule has 0 aromatic heterocycles. The number of aromatic hydroxyl groups is 1. The molecule has 78 valence electrons. The average Bonchev–Trinajstić information content (AvgIpc) is 3.10. The lowest BCUT2D eigenvalue weighted by atomic mass is 9.96. The van der Waals surface area contributed by atoms with E-state index >= 15 is 0 Å². The van der Waals surface area contributed by atoms with E-state index in [0.29, 0.717) is 11.7 Å². The Labute approximate surface area is 94.7 Å². The van der Waals surface area contributed by atoms with E-state index in [1.807, 2.05) is 24.3 Å². The number of phenols is 1. The molecule has 1 aliphatic carbocycles. The van der Waals surface area contributed by atoms with Crippen molar-refractivity contribution in [3.05, 3.63) is 41.5 Å². The second-order valence-corrected chi connectivity index (χ2v) is 4.36. The van der Waals surface area contributed by atoms with Crippen molar-refractivity contribution in [2.45, 2.75) is 18.8 Å². The summed E-state index contributed by atoms with van der Waals surface area (Å²) in [6, 6.07) is 9.55. The largest absolute Gasteiger partial charge is 0.508 e. The summed E-state index contributed by atoms with van der Waals surface area (Å²) in [5, 5.41) is 11.9. The second-order valence-electron chi connectivity index (χ2n) is 4.36. The van der Waals surface area contributed by atoms with Crippen LogP contribution in [0.25, 0.3) is 10.8 Å². The van der Waals surface area contributed by atoms with Crippen LogP contribution in [0.15, 0.2) is 30.3 Å². The molecule has 2 aromatic carbocycles. The molecule has 1 saturated carbocycles. The maximum absolute atomic E-state index is 9.70. The molecule has 0 spiro atoms. The molecule has 1 fully saturated rings. The van der Waals surface area contributed by atoms with Crippen LogP contribution >= 0.6 is 0 Å². The number of hydrogen-bond donors (Lipinski definition) is 1. The lowest BCUT2D eigenvalue weighted by molar-refractivity contribution is 0.475. The van der Waals surface area contributed by atoms with Gasteiger partial charge >= 0.3 is 0 Å². The maximum atomic E-state index is 9.70. The second kappa shape index (κ2) is 3.28. The van der Waals surface area contributed by atoms with Gasteiger partial charge in [0.1, 0.15) is 5.75 Å². The van der Waals surface area contributed by atoms with Gasteiger partial charge in [-0.25, -0.2) is 0 Å². The molecule has 0 amide bonds. The van der Waals surface area contributed by atoms with Crippen molar-refractivity contribution < 1.29 is 5.11 Å². The van der Waals surface area contributed by atoms with Gasteiger partial charge in [0.15, 0.2) is 0 Å². The van der Waals surface area contributed by atoms with E-state index in [2.05, 4.69) is 5.92 Å². The Morgan fingerprint density at radius 2 is 2.06 bits per heavy atom. The third-order valence-electron chi connectivity index (χ3n) is 3.16. The number of rotatable bonds is 1. The predicted octanol–water partition coefficient (Wildman–Crippen LogP) is 3.40. The summed E-state index contributed by atoms with van der Waals surface area (Å²) >= 11 is 0. The van der Waals surface area contributed by atoms with E-state index in [-0.39, 0.29) is 0 Å². The fourth-order valence-electron chi connectivity index (χ4n) is 2.28. The van der Waals surface area contributed by atoms with E-state index in [9.17, 15) is 5.11 Å². The highest BCUT2D eigenvalue weighted by Gasteiger charge is 2.26. The van der Waals surface area contributed by atoms with Gasteiger partial charge in [0.05, 0.1) is 0 Å². The molecule has 0 atom stereocenters. The fraction of sp³-hybridized carbons (Fsp3) is 0.200. The van der Waals surface area contributed by atoms with E-state index < -0.39 is 0 Å². The Hall–Kier alpha value is -1.94. The molecule has 0 bridgehead atoms. The zero-order valence-corrected chi connectivity index (χ0v) is 8.90. The van der Waals surface area contributed by atoms with Crippen molar-refractivity contribution in [3.63, 3.8) is 0 Å². The normalized spacial score (nSPS) is 14.9. The third-order valence-corrected chi connectivity index (χ3v) is 3.16. The van der Waals surface area contributed by atoms with Crippen LogP contribution in [-0.2, 0) is 0 Å². The van der Waals surface area contributed by atoms with E-state index in [4.69, 9.17) is 6.42 Å². The quantitative estimate of drug-likeness (QED) is 0.712. The number of hydrogen-bond acceptors (Lipinski definition) is 1. The predicted molar refractivity (Wildman–Crippen MR) is 65.5 cm³/mol. The topological polar surface area (TPSA) is 20.2 Å². The monoisotopic (exact) mass is 208 g/mol. The minimum Gasteiger partial charge on any atom is -0.508 e. The Morgan fingerprint density at radius 1 is 1.25 bits per heavy atom. The minimum atomic E-state index is 0.337. The highest BCUT2D eigenvalue weighted by Crippen LogP contribution is 2.45. The third kappa shape index (κ3) is 1.35. The summed E-state index contributed by atoms with van der Waals surface area (Å²) in [5.41, 5.74) is 2.14. The summed E-state index contributed by atoms with van der Waals surface area (Å²) in [4.78, 5) is 0. The molecule has 1 N–H and O–H groups in total. The SMILES string of the molecule is C#Cc1cccc2cc(O)cc(C3CC3)c12. The summed E-state index contributed by atoms with van der Waals surface area (Å²) in [6.45, 7) is 0. The van der Waals surface area contributed by atoms with Crippen molar-refractivity contribution in [2.24, 2.45) is 0 Å². The van der Waals surface area contributed by atoms with Gasteiger partial charge in [-0.15, -0.1) is 6.42 Å². The van der Waals surface area contributed by atoms with Gasteiger partial charge in [-0.2, -0.15) is 0 Å². The van der Waals surface area contributed by atoms with Gasteiger partial charge in [-0.05, 0) is 47.9 Å². The van der Waals surface area contributed by atoms with Crippen LogP contribution in [0.5, 0.6) is 5.75 Å². The molecule has 3 rings (SSSR count). The molecule has 0 radical (unpaired) electrons. The van der Waals surface area contributed by atoms with Gasteiger partial charge < -0.3 is 5.11 Å². The zero-order valence-electron chi connectivity index (χ0n) is 8.90. The molecule has 0 heterocycles. The van der Waals surface area contributed by atoms with Crippen LogP contribution in [-0.4, -0.2) is 5.11 Å². The van der Waals surface area contributed by atoms with E-state index in [1.54, 1.807) is 6.07 Å². The fourth-order valence-corrected chi connectivity index (χ4v) is 2.28. The van der Waals surface area contributed by atoms with Gasteiger partial charge in [0.2, 0.25) is 0 Å². The summed E-state index contributed by atoms with van der Waals surface area (Å²) in [7, 11) is 0. The van der Waals surface area contributed by atoms with Crippen molar-refractivity contribution >= 4 is 10.8 Å². The molecule has 1 nitrogen and oxygen atoms in total. The standard InChI is InChI=1S/C15H12O/c1-2-10-4-3-5-12-8-13(16)9-14(15(10)12)11-6-7-11/h1,3-5,8-9,11,16H,6-7H2. The van der Waals surface area contributed by atoms with Gasteiger partial charge in [0.25, 0.3) is 0 Å². The number of phenolic OH excluding ortho intramolecular Hbond substituents is 1. The lowest BCUT2D eigenvalue weighted by Gasteiger charge is -2.08. The first-order valence-electron chi connectivity index (χ1n) is 5.52. The summed E-state index contributed by atoms with van der Waals surface area (Å²) < 4.78 is 0. The Balaban J connectivity index is 2.41. The van der Waals surface area contributed by atoms with Crippen LogP contribution in [0, 0.1) is 12.3 Å². The number of terminal acetylenes is 1. The molecular weight excluding hydrogens is 196 g/mol. The van der Waals surface area contributed by atoms with Gasteiger partial charge in [0, 0.05) is 10.9 Å². The molecule has 16 heavy (non-hydrogen) atoms. The minimum absolute atomic E-state index is 0.337. The zero-order chi connectivity index (χ0) is 11.1. The van der Waals surface area contributed by atoms with Crippen LogP contribution < -0.4 is 0 Å². The van der Waals surface area contributed by atoms with Crippen molar-refractivity contribution in [2.75, 3.05) is 0 Å². The molecule has 0 aliphatic heterocycles.